The quantitative estimate of drug-likeness (QED) is 0.387. The van der Waals surface area contributed by atoms with Gasteiger partial charge in [0.15, 0.2) is 22.7 Å². The van der Waals surface area contributed by atoms with Crippen LogP contribution in [0.2, 0.25) is 0 Å². The molecule has 0 unspecified atom stereocenters. The van der Waals surface area contributed by atoms with Gasteiger partial charge in [0.25, 0.3) is 5.56 Å². The normalized spacial score (nSPS) is 13.0. The van der Waals surface area contributed by atoms with Crippen LogP contribution in [0.15, 0.2) is 59.5 Å². The second-order valence-corrected chi connectivity index (χ2v) is 8.16. The first-order valence-corrected chi connectivity index (χ1v) is 11.0. The van der Waals surface area contributed by atoms with E-state index in [0.29, 0.717) is 53.7 Å². The van der Waals surface area contributed by atoms with Gasteiger partial charge in [-0.05, 0) is 41.5 Å². The highest BCUT2D eigenvalue weighted by Gasteiger charge is 2.20. The van der Waals surface area contributed by atoms with Gasteiger partial charge in [-0.25, -0.2) is 8.91 Å². The summed E-state index contributed by atoms with van der Waals surface area (Å²) in [7, 11) is 1.57. The fraction of sp³-hybridized carbons (Fsp3) is 0.200. The lowest BCUT2D eigenvalue weighted by Gasteiger charge is -2.19. The van der Waals surface area contributed by atoms with E-state index in [9.17, 15) is 9.18 Å². The predicted molar refractivity (Wildman–Crippen MR) is 125 cm³/mol. The van der Waals surface area contributed by atoms with Crippen molar-refractivity contribution in [2.24, 2.45) is 0 Å². The highest BCUT2D eigenvalue weighted by atomic mass is 19.1. The number of hydrogen-bond donors (Lipinski definition) is 0. The first kappa shape index (κ1) is 21.2. The Labute approximate surface area is 198 Å². The minimum Gasteiger partial charge on any atom is -0.486 e. The SMILES string of the molecule is COCc1nn2c(nnc3c(=O)n(Cc4ccc5c(c4)OCCO5)ccc32)c1-c1ccc(F)cc1. The molecule has 9 nitrogen and oxygen atoms in total. The van der Waals surface area contributed by atoms with Gasteiger partial charge in [-0.15, -0.1) is 10.2 Å². The number of hydrogen-bond acceptors (Lipinski definition) is 7. The van der Waals surface area contributed by atoms with Crippen molar-refractivity contribution in [1.82, 2.24) is 24.4 Å². The van der Waals surface area contributed by atoms with E-state index in [1.807, 2.05) is 18.2 Å². The van der Waals surface area contributed by atoms with Crippen LogP contribution in [0.5, 0.6) is 11.5 Å². The fourth-order valence-electron chi connectivity index (χ4n) is 4.29. The zero-order valence-corrected chi connectivity index (χ0v) is 18.8. The molecule has 6 rings (SSSR count). The molecule has 10 heteroatoms. The third-order valence-electron chi connectivity index (χ3n) is 5.90. The molecule has 0 N–H and O–H groups in total. The summed E-state index contributed by atoms with van der Waals surface area (Å²) in [5.74, 6) is 1.02. The lowest BCUT2D eigenvalue weighted by Crippen LogP contribution is -2.22. The van der Waals surface area contributed by atoms with Gasteiger partial charge in [0.2, 0.25) is 0 Å². The molecule has 0 fully saturated rings. The van der Waals surface area contributed by atoms with Gasteiger partial charge in [0.05, 0.1) is 24.4 Å². The maximum atomic E-state index is 13.5. The number of aromatic nitrogens is 5. The Morgan fingerprint density at radius 2 is 1.83 bits per heavy atom. The monoisotopic (exact) mass is 473 g/mol. The fourth-order valence-corrected chi connectivity index (χ4v) is 4.29. The number of nitrogens with zero attached hydrogens (tertiary/aromatic N) is 5. The maximum Gasteiger partial charge on any atom is 0.280 e. The van der Waals surface area contributed by atoms with Crippen molar-refractivity contribution in [2.75, 3.05) is 20.3 Å². The molecule has 0 atom stereocenters. The lowest BCUT2D eigenvalue weighted by atomic mass is 10.1. The van der Waals surface area contributed by atoms with E-state index < -0.39 is 0 Å². The number of ether oxygens (including phenoxy) is 3. The minimum atomic E-state index is -0.339. The summed E-state index contributed by atoms with van der Waals surface area (Å²) in [5.41, 5.74) is 3.79. The largest absolute Gasteiger partial charge is 0.486 e. The molecule has 0 saturated heterocycles. The van der Waals surface area contributed by atoms with Crippen molar-refractivity contribution < 1.29 is 18.6 Å². The number of rotatable bonds is 5. The molecule has 3 aromatic heterocycles. The number of pyridine rings is 1. The zero-order valence-electron chi connectivity index (χ0n) is 18.8. The van der Waals surface area contributed by atoms with Crippen molar-refractivity contribution in [3.63, 3.8) is 0 Å². The maximum absolute atomic E-state index is 13.5. The third kappa shape index (κ3) is 3.68. The summed E-state index contributed by atoms with van der Waals surface area (Å²) in [6.07, 6.45) is 1.71. The van der Waals surface area contributed by atoms with Crippen LogP contribution in [0.25, 0.3) is 27.8 Å². The molecule has 5 aromatic rings. The Morgan fingerprint density at radius 3 is 2.63 bits per heavy atom. The number of fused-ring (bicyclic) bond motifs is 4. The predicted octanol–water partition coefficient (Wildman–Crippen LogP) is 3.21. The minimum absolute atomic E-state index is 0.190. The van der Waals surface area contributed by atoms with E-state index in [1.165, 1.54) is 12.1 Å². The highest BCUT2D eigenvalue weighted by Crippen LogP contribution is 2.31. The Morgan fingerprint density at radius 1 is 1.03 bits per heavy atom. The van der Waals surface area contributed by atoms with E-state index in [2.05, 4.69) is 15.3 Å². The van der Waals surface area contributed by atoms with Crippen LogP contribution >= 0.6 is 0 Å². The molecular formula is C25H20FN5O4. The Hall–Kier alpha value is -4.31. The smallest absolute Gasteiger partial charge is 0.280 e. The molecule has 4 heterocycles. The number of halogens is 1. The Bertz CT molecular complexity index is 1630. The molecule has 35 heavy (non-hydrogen) atoms. The molecule has 0 aliphatic carbocycles. The van der Waals surface area contributed by atoms with Crippen molar-refractivity contribution >= 4 is 16.7 Å². The van der Waals surface area contributed by atoms with E-state index >= 15 is 0 Å². The summed E-state index contributed by atoms with van der Waals surface area (Å²) in [5, 5.41) is 13.2. The van der Waals surface area contributed by atoms with Crippen molar-refractivity contribution in [1.29, 1.82) is 0 Å². The topological polar surface area (TPSA) is 92.8 Å². The molecule has 0 radical (unpaired) electrons. The van der Waals surface area contributed by atoms with Gasteiger partial charge >= 0.3 is 0 Å². The van der Waals surface area contributed by atoms with Crippen LogP contribution in [0.4, 0.5) is 4.39 Å². The summed E-state index contributed by atoms with van der Waals surface area (Å²) in [6, 6.07) is 13.5. The van der Waals surface area contributed by atoms with Crippen molar-refractivity contribution in [2.45, 2.75) is 13.2 Å². The summed E-state index contributed by atoms with van der Waals surface area (Å²) in [4.78, 5) is 13.3. The summed E-state index contributed by atoms with van der Waals surface area (Å²) < 4.78 is 33.2. The third-order valence-corrected chi connectivity index (χ3v) is 5.90. The average molecular weight is 473 g/mol. The van der Waals surface area contributed by atoms with Crippen LogP contribution in [-0.4, -0.2) is 44.7 Å². The number of methoxy groups -OCH3 is 1. The van der Waals surface area contributed by atoms with E-state index in [4.69, 9.17) is 14.2 Å². The van der Waals surface area contributed by atoms with Crippen LogP contribution in [-0.2, 0) is 17.9 Å². The van der Waals surface area contributed by atoms with Crippen LogP contribution in [0.1, 0.15) is 11.3 Å². The average Bonchev–Trinajstić information content (AvgIpc) is 3.25. The van der Waals surface area contributed by atoms with E-state index in [1.54, 1.807) is 40.6 Å². The zero-order chi connectivity index (χ0) is 23.9. The van der Waals surface area contributed by atoms with Crippen LogP contribution < -0.4 is 15.0 Å². The molecule has 1 aliphatic heterocycles. The molecule has 0 bridgehead atoms. The Balaban J connectivity index is 1.45. The lowest BCUT2D eigenvalue weighted by molar-refractivity contribution is 0.171. The molecule has 2 aromatic carbocycles. The van der Waals surface area contributed by atoms with Gasteiger partial charge in [-0.2, -0.15) is 5.10 Å². The van der Waals surface area contributed by atoms with Crippen molar-refractivity contribution in [3.8, 4) is 22.6 Å². The summed E-state index contributed by atoms with van der Waals surface area (Å²) >= 11 is 0. The van der Waals surface area contributed by atoms with Gasteiger partial charge in [0.1, 0.15) is 24.5 Å². The standard InChI is InChI=1S/C25H20FN5O4/c1-33-14-18-22(16-3-5-17(26)6-4-16)24-28-27-23-19(31(24)29-18)8-9-30(25(23)32)13-15-2-7-20-21(12-15)35-11-10-34-20/h2-9,12H,10-11,13-14H2,1H3. The second-order valence-electron chi connectivity index (χ2n) is 8.16. The van der Waals surface area contributed by atoms with Gasteiger partial charge in [0, 0.05) is 13.3 Å². The summed E-state index contributed by atoms with van der Waals surface area (Å²) in [6.45, 7) is 1.57. The molecule has 0 amide bonds. The first-order chi connectivity index (χ1) is 17.1. The first-order valence-electron chi connectivity index (χ1n) is 11.0. The highest BCUT2D eigenvalue weighted by molar-refractivity contribution is 5.84. The van der Waals surface area contributed by atoms with Crippen molar-refractivity contribution in [3.05, 3.63) is 82.2 Å². The molecular weight excluding hydrogens is 453 g/mol. The van der Waals surface area contributed by atoms with E-state index in [0.717, 1.165) is 11.1 Å². The van der Waals surface area contributed by atoms with Crippen LogP contribution in [0, 0.1) is 5.82 Å². The Kier molecular flexibility index (Phi) is 5.14. The number of benzene rings is 2. The van der Waals surface area contributed by atoms with E-state index in [-0.39, 0.29) is 23.5 Å². The second kappa shape index (κ2) is 8.48. The van der Waals surface area contributed by atoms with Crippen LogP contribution in [0.3, 0.4) is 0 Å². The van der Waals surface area contributed by atoms with Gasteiger partial charge in [-0.1, -0.05) is 18.2 Å². The molecule has 1 aliphatic rings. The van der Waals surface area contributed by atoms with Gasteiger partial charge < -0.3 is 18.8 Å². The molecule has 176 valence electrons. The molecule has 0 spiro atoms. The molecule has 0 saturated carbocycles. The van der Waals surface area contributed by atoms with Gasteiger partial charge in [-0.3, -0.25) is 4.79 Å².